The van der Waals surface area contributed by atoms with Gasteiger partial charge in [0.1, 0.15) is 5.82 Å². The van der Waals surface area contributed by atoms with E-state index < -0.39 is 0 Å². The molecule has 0 bridgehead atoms. The fourth-order valence-electron chi connectivity index (χ4n) is 2.84. The molecule has 0 aromatic carbocycles. The van der Waals surface area contributed by atoms with Gasteiger partial charge in [0.05, 0.1) is 24.0 Å². The largest absolute Gasteiger partial charge is 0.382 e. The molecule has 0 saturated heterocycles. The second-order valence-corrected chi connectivity index (χ2v) is 5.96. The summed E-state index contributed by atoms with van der Waals surface area (Å²) in [6.45, 7) is 6.70. The van der Waals surface area contributed by atoms with Gasteiger partial charge in [-0.05, 0) is 26.3 Å². The monoisotopic (exact) mass is 328 g/mol. The summed E-state index contributed by atoms with van der Waals surface area (Å²) >= 11 is 0. The van der Waals surface area contributed by atoms with Crippen LogP contribution in [-0.2, 0) is 18.2 Å². The second kappa shape index (κ2) is 6.60. The van der Waals surface area contributed by atoms with Crippen LogP contribution in [0, 0.1) is 13.8 Å². The molecule has 3 aromatic heterocycles. The third kappa shape index (κ3) is 2.87. The highest BCUT2D eigenvalue weighted by atomic mass is 16.5. The highest BCUT2D eigenvalue weighted by molar-refractivity contribution is 5.56. The fraction of sp³-hybridized carbons (Fsp3) is 0.471. The third-order valence-electron chi connectivity index (χ3n) is 4.34. The van der Waals surface area contributed by atoms with Crippen molar-refractivity contribution in [3.8, 4) is 0 Å². The number of fused-ring (bicyclic) bond motifs is 1. The van der Waals surface area contributed by atoms with Gasteiger partial charge in [0.25, 0.3) is 0 Å². The van der Waals surface area contributed by atoms with E-state index in [2.05, 4.69) is 35.4 Å². The Morgan fingerprint density at radius 2 is 2.12 bits per heavy atom. The minimum absolute atomic E-state index is 0.0254. The van der Waals surface area contributed by atoms with E-state index in [1.807, 2.05) is 29.2 Å². The quantitative estimate of drug-likeness (QED) is 0.753. The van der Waals surface area contributed by atoms with E-state index in [1.54, 1.807) is 13.3 Å². The van der Waals surface area contributed by atoms with Gasteiger partial charge < -0.3 is 10.1 Å². The molecule has 0 aliphatic rings. The van der Waals surface area contributed by atoms with Crippen LogP contribution in [-0.4, -0.2) is 38.1 Å². The van der Waals surface area contributed by atoms with Crippen LogP contribution >= 0.6 is 0 Å². The smallest absolute Gasteiger partial charge is 0.160 e. The van der Waals surface area contributed by atoms with E-state index in [0.717, 1.165) is 40.5 Å². The highest BCUT2D eigenvalue weighted by Crippen LogP contribution is 2.23. The highest BCUT2D eigenvalue weighted by Gasteiger charge is 2.18. The molecule has 24 heavy (non-hydrogen) atoms. The van der Waals surface area contributed by atoms with Crippen LogP contribution in [0.4, 0.5) is 5.82 Å². The number of ether oxygens (including phenoxy) is 1. The summed E-state index contributed by atoms with van der Waals surface area (Å²) in [5.74, 6) is 0.913. The van der Waals surface area contributed by atoms with E-state index in [1.165, 1.54) is 0 Å². The van der Waals surface area contributed by atoms with Crippen LogP contribution in [0.2, 0.25) is 0 Å². The van der Waals surface area contributed by atoms with Crippen LogP contribution in [0.5, 0.6) is 0 Å². The molecule has 0 aliphatic heterocycles. The normalized spacial score (nSPS) is 12.7. The predicted octanol–water partition coefficient (Wildman–Crippen LogP) is 2.44. The topological polar surface area (TPSA) is 69.3 Å². The predicted molar refractivity (Wildman–Crippen MR) is 93.3 cm³/mol. The zero-order chi connectivity index (χ0) is 17.3. The number of anilines is 1. The molecule has 0 spiro atoms. The minimum atomic E-state index is -0.0254. The lowest BCUT2D eigenvalue weighted by Gasteiger charge is -2.20. The molecular weight excluding hydrogens is 304 g/mol. The van der Waals surface area contributed by atoms with Crippen molar-refractivity contribution < 1.29 is 4.74 Å². The molecule has 0 saturated carbocycles. The average Bonchev–Trinajstić information content (AvgIpc) is 3.11. The van der Waals surface area contributed by atoms with Crippen LogP contribution in [0.15, 0.2) is 18.3 Å². The molecule has 0 fully saturated rings. The third-order valence-corrected chi connectivity index (χ3v) is 4.34. The van der Waals surface area contributed by atoms with Crippen molar-refractivity contribution in [2.24, 2.45) is 7.05 Å². The van der Waals surface area contributed by atoms with Crippen LogP contribution < -0.4 is 5.32 Å². The van der Waals surface area contributed by atoms with Crippen molar-refractivity contribution in [3.63, 3.8) is 0 Å². The molecule has 0 aliphatic carbocycles. The van der Waals surface area contributed by atoms with Gasteiger partial charge in [0.2, 0.25) is 0 Å². The fourth-order valence-corrected chi connectivity index (χ4v) is 2.84. The summed E-state index contributed by atoms with van der Waals surface area (Å²) in [6.07, 6.45) is 2.66. The van der Waals surface area contributed by atoms with Crippen molar-refractivity contribution in [1.29, 1.82) is 0 Å². The van der Waals surface area contributed by atoms with Crippen molar-refractivity contribution in [2.45, 2.75) is 33.2 Å². The lowest BCUT2D eigenvalue weighted by Crippen LogP contribution is -2.21. The van der Waals surface area contributed by atoms with Crippen molar-refractivity contribution in [2.75, 3.05) is 19.0 Å². The van der Waals surface area contributed by atoms with E-state index >= 15 is 0 Å². The lowest BCUT2D eigenvalue weighted by molar-refractivity contribution is 0.184. The number of methoxy groups -OCH3 is 1. The maximum absolute atomic E-state index is 5.40. The van der Waals surface area contributed by atoms with E-state index in [-0.39, 0.29) is 6.04 Å². The summed E-state index contributed by atoms with van der Waals surface area (Å²) < 4.78 is 9.14. The molecule has 1 atom stereocenters. The van der Waals surface area contributed by atoms with E-state index in [4.69, 9.17) is 9.72 Å². The van der Waals surface area contributed by atoms with Gasteiger partial charge in [-0.3, -0.25) is 4.68 Å². The zero-order valence-corrected chi connectivity index (χ0v) is 14.9. The van der Waals surface area contributed by atoms with Gasteiger partial charge in [-0.2, -0.15) is 14.7 Å². The molecule has 0 radical (unpaired) electrons. The van der Waals surface area contributed by atoms with Crippen LogP contribution in [0.25, 0.3) is 5.65 Å². The molecular formula is C17H24N6O. The molecule has 3 aromatic rings. The number of hydrogen-bond donors (Lipinski definition) is 1. The summed E-state index contributed by atoms with van der Waals surface area (Å²) in [7, 11) is 3.63. The first-order valence-electron chi connectivity index (χ1n) is 8.14. The zero-order valence-electron chi connectivity index (χ0n) is 14.9. The number of aromatic nitrogens is 5. The number of nitrogens with zero attached hydrogens (tertiary/aromatic N) is 5. The molecule has 128 valence electrons. The Morgan fingerprint density at radius 3 is 2.75 bits per heavy atom. The Bertz CT molecular complexity index is 850. The lowest BCUT2D eigenvalue weighted by atomic mass is 10.2. The molecule has 7 nitrogen and oxygen atoms in total. The summed E-state index contributed by atoms with van der Waals surface area (Å²) in [6, 6.07) is 4.02. The Hall–Kier alpha value is -2.41. The Balaban J connectivity index is 2.07. The first kappa shape index (κ1) is 16.4. The summed E-state index contributed by atoms with van der Waals surface area (Å²) in [4.78, 5) is 4.72. The first-order valence-corrected chi connectivity index (χ1v) is 8.14. The van der Waals surface area contributed by atoms with Crippen LogP contribution in [0.1, 0.15) is 35.6 Å². The molecule has 7 heteroatoms. The van der Waals surface area contributed by atoms with Gasteiger partial charge in [-0.1, -0.05) is 6.92 Å². The molecule has 3 heterocycles. The first-order chi connectivity index (χ1) is 11.5. The van der Waals surface area contributed by atoms with Crippen molar-refractivity contribution >= 4 is 11.5 Å². The van der Waals surface area contributed by atoms with Gasteiger partial charge in [-0.25, -0.2) is 4.98 Å². The Kier molecular flexibility index (Phi) is 4.53. The Labute approximate surface area is 141 Å². The summed E-state index contributed by atoms with van der Waals surface area (Å²) in [5.41, 5.74) is 5.09. The number of aryl methyl sites for hydroxylation is 4. The van der Waals surface area contributed by atoms with Gasteiger partial charge in [0, 0.05) is 37.7 Å². The molecule has 3 rings (SSSR count). The number of rotatable bonds is 6. The second-order valence-electron chi connectivity index (χ2n) is 5.96. The standard InChI is InChI=1S/C17H24N6O/c1-6-13-9-16(23-17(19-13)11(2)12(3)21-23)20-14(10-24-5)15-7-8-18-22(15)4/h7-9,14,20H,6,10H2,1-5H3/t14-/m0/s1. The maximum atomic E-state index is 5.40. The number of hydrogen-bond acceptors (Lipinski definition) is 5. The van der Waals surface area contributed by atoms with Crippen molar-refractivity contribution in [3.05, 3.63) is 41.0 Å². The minimum Gasteiger partial charge on any atom is -0.382 e. The molecule has 1 N–H and O–H groups in total. The van der Waals surface area contributed by atoms with Gasteiger partial charge in [-0.15, -0.1) is 0 Å². The van der Waals surface area contributed by atoms with E-state index in [9.17, 15) is 0 Å². The maximum Gasteiger partial charge on any atom is 0.160 e. The Morgan fingerprint density at radius 1 is 1.33 bits per heavy atom. The average molecular weight is 328 g/mol. The SMILES string of the molecule is CCc1cc(N[C@@H](COC)c2ccnn2C)n2nc(C)c(C)c2n1. The molecule has 0 amide bonds. The van der Waals surface area contributed by atoms with Crippen molar-refractivity contribution in [1.82, 2.24) is 24.4 Å². The van der Waals surface area contributed by atoms with Crippen LogP contribution in [0.3, 0.4) is 0 Å². The van der Waals surface area contributed by atoms with Gasteiger partial charge in [0.15, 0.2) is 5.65 Å². The summed E-state index contributed by atoms with van der Waals surface area (Å²) in [5, 5.41) is 12.5. The molecule has 0 unspecified atom stereocenters. The van der Waals surface area contributed by atoms with E-state index in [0.29, 0.717) is 6.61 Å². The van der Waals surface area contributed by atoms with Gasteiger partial charge >= 0.3 is 0 Å². The number of nitrogens with one attached hydrogen (secondary N) is 1.